The van der Waals surface area contributed by atoms with Gasteiger partial charge in [-0.25, -0.2) is 5.43 Å². The van der Waals surface area contributed by atoms with E-state index in [2.05, 4.69) is 43.5 Å². The molecule has 1 unspecified atom stereocenters. The van der Waals surface area contributed by atoms with Gasteiger partial charge in [-0.2, -0.15) is 0 Å². The topological polar surface area (TPSA) is 47.3 Å². The molecule has 3 N–H and O–H groups in total. The lowest BCUT2D eigenvalue weighted by molar-refractivity contribution is 0.413. The Morgan fingerprint density at radius 3 is 2.53 bits per heavy atom. The Kier molecular flexibility index (Phi) is 4.20. The molecule has 0 spiro atoms. The van der Waals surface area contributed by atoms with Crippen molar-refractivity contribution in [2.24, 2.45) is 5.84 Å². The Bertz CT molecular complexity index is 566. The van der Waals surface area contributed by atoms with Crippen LogP contribution in [-0.2, 0) is 0 Å². The number of hydrogen-bond acceptors (Lipinski definition) is 3. The molecule has 2 aromatic carbocycles. The van der Waals surface area contributed by atoms with Crippen molar-refractivity contribution in [1.82, 2.24) is 5.43 Å². The molecule has 0 saturated heterocycles. The molecular weight excluding hydrogens is 236 g/mol. The van der Waals surface area contributed by atoms with Crippen molar-refractivity contribution in [2.45, 2.75) is 19.9 Å². The lowest BCUT2D eigenvalue weighted by Gasteiger charge is -2.20. The summed E-state index contributed by atoms with van der Waals surface area (Å²) >= 11 is 0. The minimum Gasteiger partial charge on any atom is -0.497 e. The molecule has 0 fully saturated rings. The first-order valence-electron chi connectivity index (χ1n) is 6.33. The van der Waals surface area contributed by atoms with E-state index in [1.54, 1.807) is 7.11 Å². The third kappa shape index (κ3) is 2.78. The third-order valence-electron chi connectivity index (χ3n) is 3.55. The second kappa shape index (κ2) is 5.87. The zero-order valence-corrected chi connectivity index (χ0v) is 11.6. The summed E-state index contributed by atoms with van der Waals surface area (Å²) in [5, 5.41) is 0. The van der Waals surface area contributed by atoms with Crippen LogP contribution < -0.4 is 16.0 Å². The molecule has 0 heterocycles. The summed E-state index contributed by atoms with van der Waals surface area (Å²) in [4.78, 5) is 0. The van der Waals surface area contributed by atoms with Crippen LogP contribution in [0.2, 0.25) is 0 Å². The van der Waals surface area contributed by atoms with Crippen molar-refractivity contribution in [3.63, 3.8) is 0 Å². The van der Waals surface area contributed by atoms with Gasteiger partial charge in [-0.15, -0.1) is 0 Å². The number of aryl methyl sites for hydroxylation is 1. The summed E-state index contributed by atoms with van der Waals surface area (Å²) in [6.07, 6.45) is 0. The van der Waals surface area contributed by atoms with Crippen molar-refractivity contribution in [1.29, 1.82) is 0 Å². The van der Waals surface area contributed by atoms with Crippen LogP contribution in [0.1, 0.15) is 28.3 Å². The van der Waals surface area contributed by atoms with E-state index in [-0.39, 0.29) is 6.04 Å². The second-order valence-corrected chi connectivity index (χ2v) is 4.67. The summed E-state index contributed by atoms with van der Waals surface area (Å²) in [6, 6.07) is 14.2. The van der Waals surface area contributed by atoms with Gasteiger partial charge in [-0.1, -0.05) is 30.3 Å². The van der Waals surface area contributed by atoms with Gasteiger partial charge in [0.15, 0.2) is 0 Å². The molecule has 0 saturated carbocycles. The number of nitrogens with two attached hydrogens (primary N) is 1. The first-order valence-corrected chi connectivity index (χ1v) is 6.33. The van der Waals surface area contributed by atoms with Crippen molar-refractivity contribution in [2.75, 3.05) is 7.11 Å². The fourth-order valence-electron chi connectivity index (χ4n) is 2.27. The normalized spacial score (nSPS) is 12.2. The highest BCUT2D eigenvalue weighted by atomic mass is 16.5. The fourth-order valence-corrected chi connectivity index (χ4v) is 2.27. The molecule has 3 heteroatoms. The van der Waals surface area contributed by atoms with Gasteiger partial charge in [0.25, 0.3) is 0 Å². The standard InChI is InChI=1S/C16H20N2O/c1-11-6-4-9-15(12(11)2)16(18-17)13-7-5-8-14(10-13)19-3/h4-10,16,18H,17H2,1-3H3. The zero-order valence-electron chi connectivity index (χ0n) is 11.6. The molecule has 0 aliphatic rings. The average molecular weight is 256 g/mol. The Balaban J connectivity index is 2.46. The van der Waals surface area contributed by atoms with Crippen LogP contribution in [0.4, 0.5) is 0 Å². The molecule has 100 valence electrons. The van der Waals surface area contributed by atoms with Gasteiger partial charge < -0.3 is 4.74 Å². The maximum Gasteiger partial charge on any atom is 0.119 e. The summed E-state index contributed by atoms with van der Waals surface area (Å²) in [5.74, 6) is 6.59. The Morgan fingerprint density at radius 2 is 1.84 bits per heavy atom. The van der Waals surface area contributed by atoms with Crippen molar-refractivity contribution in [3.05, 3.63) is 64.7 Å². The van der Waals surface area contributed by atoms with Crippen LogP contribution in [0, 0.1) is 13.8 Å². The fraction of sp³-hybridized carbons (Fsp3) is 0.250. The predicted molar refractivity (Wildman–Crippen MR) is 78.1 cm³/mol. The summed E-state index contributed by atoms with van der Waals surface area (Å²) in [5.41, 5.74) is 7.70. The first kappa shape index (κ1) is 13.6. The lowest BCUT2D eigenvalue weighted by Crippen LogP contribution is -2.29. The summed E-state index contributed by atoms with van der Waals surface area (Å²) < 4.78 is 5.27. The Labute approximate surface area is 114 Å². The van der Waals surface area contributed by atoms with E-state index in [0.717, 1.165) is 11.3 Å². The van der Waals surface area contributed by atoms with Gasteiger partial charge in [0.2, 0.25) is 0 Å². The molecule has 0 aliphatic carbocycles. The molecule has 1 atom stereocenters. The van der Waals surface area contributed by atoms with E-state index in [4.69, 9.17) is 10.6 Å². The lowest BCUT2D eigenvalue weighted by atomic mass is 9.93. The number of ether oxygens (including phenoxy) is 1. The highest BCUT2D eigenvalue weighted by molar-refractivity contribution is 5.42. The van der Waals surface area contributed by atoms with E-state index >= 15 is 0 Å². The monoisotopic (exact) mass is 256 g/mol. The summed E-state index contributed by atoms with van der Waals surface area (Å²) in [6.45, 7) is 4.23. The van der Waals surface area contributed by atoms with Crippen molar-refractivity contribution in [3.8, 4) is 5.75 Å². The minimum atomic E-state index is -0.0324. The van der Waals surface area contributed by atoms with E-state index in [1.165, 1.54) is 16.7 Å². The van der Waals surface area contributed by atoms with Gasteiger partial charge >= 0.3 is 0 Å². The number of methoxy groups -OCH3 is 1. The van der Waals surface area contributed by atoms with E-state index in [1.807, 2.05) is 18.2 Å². The van der Waals surface area contributed by atoms with Crippen LogP contribution in [0.3, 0.4) is 0 Å². The van der Waals surface area contributed by atoms with E-state index in [9.17, 15) is 0 Å². The number of benzene rings is 2. The number of hydrogen-bond donors (Lipinski definition) is 2. The van der Waals surface area contributed by atoms with Crippen LogP contribution >= 0.6 is 0 Å². The largest absolute Gasteiger partial charge is 0.497 e. The Morgan fingerprint density at radius 1 is 1.11 bits per heavy atom. The van der Waals surface area contributed by atoms with E-state index < -0.39 is 0 Å². The summed E-state index contributed by atoms with van der Waals surface area (Å²) in [7, 11) is 1.67. The quantitative estimate of drug-likeness (QED) is 0.653. The maximum atomic E-state index is 5.76. The third-order valence-corrected chi connectivity index (χ3v) is 3.55. The van der Waals surface area contributed by atoms with Crippen LogP contribution in [0.15, 0.2) is 42.5 Å². The van der Waals surface area contributed by atoms with E-state index in [0.29, 0.717) is 0 Å². The van der Waals surface area contributed by atoms with Gasteiger partial charge in [-0.3, -0.25) is 5.84 Å². The van der Waals surface area contributed by atoms with Gasteiger partial charge in [0, 0.05) is 0 Å². The molecule has 2 aromatic rings. The zero-order chi connectivity index (χ0) is 13.8. The molecule has 0 bridgehead atoms. The smallest absolute Gasteiger partial charge is 0.119 e. The molecule has 3 nitrogen and oxygen atoms in total. The van der Waals surface area contributed by atoms with Gasteiger partial charge in [0.05, 0.1) is 13.2 Å². The molecular formula is C16H20N2O. The molecule has 2 rings (SSSR count). The molecule has 0 radical (unpaired) electrons. The first-order chi connectivity index (χ1) is 9.17. The maximum absolute atomic E-state index is 5.76. The molecule has 0 aliphatic heterocycles. The highest BCUT2D eigenvalue weighted by Gasteiger charge is 2.15. The predicted octanol–water partition coefficient (Wildman–Crippen LogP) is 2.86. The highest BCUT2D eigenvalue weighted by Crippen LogP contribution is 2.27. The number of rotatable bonds is 4. The van der Waals surface area contributed by atoms with Crippen molar-refractivity contribution < 1.29 is 4.74 Å². The van der Waals surface area contributed by atoms with Gasteiger partial charge in [0.1, 0.15) is 5.75 Å². The number of nitrogens with one attached hydrogen (secondary N) is 1. The molecule has 0 amide bonds. The van der Waals surface area contributed by atoms with Gasteiger partial charge in [-0.05, 0) is 48.2 Å². The Hall–Kier alpha value is -1.84. The number of hydrazine groups is 1. The minimum absolute atomic E-state index is 0.0324. The van der Waals surface area contributed by atoms with Crippen molar-refractivity contribution >= 4 is 0 Å². The molecule has 19 heavy (non-hydrogen) atoms. The average Bonchev–Trinajstić information content (AvgIpc) is 2.44. The van der Waals surface area contributed by atoms with Crippen LogP contribution in [0.25, 0.3) is 0 Å². The molecule has 0 aromatic heterocycles. The SMILES string of the molecule is COc1cccc(C(NN)c2cccc(C)c2C)c1. The second-order valence-electron chi connectivity index (χ2n) is 4.67. The van der Waals surface area contributed by atoms with Crippen LogP contribution in [0.5, 0.6) is 5.75 Å². The van der Waals surface area contributed by atoms with Crippen LogP contribution in [-0.4, -0.2) is 7.11 Å².